The summed E-state index contributed by atoms with van der Waals surface area (Å²) in [6, 6.07) is 13.7. The minimum atomic E-state index is -0.400. The first-order chi connectivity index (χ1) is 14.0. The van der Waals surface area contributed by atoms with Crippen molar-refractivity contribution in [3.63, 3.8) is 0 Å². The third-order valence-corrected chi connectivity index (χ3v) is 6.41. The second-order valence-corrected chi connectivity index (χ2v) is 8.50. The van der Waals surface area contributed by atoms with Crippen molar-refractivity contribution in [1.29, 1.82) is 0 Å². The van der Waals surface area contributed by atoms with Gasteiger partial charge in [-0.05, 0) is 53.6 Å². The summed E-state index contributed by atoms with van der Waals surface area (Å²) in [6.07, 6.45) is 2.79. The molecule has 29 heavy (non-hydrogen) atoms. The minimum absolute atomic E-state index is 0.127. The Morgan fingerprint density at radius 2 is 1.97 bits per heavy atom. The van der Waals surface area contributed by atoms with Gasteiger partial charge in [-0.2, -0.15) is 0 Å². The molecule has 1 aliphatic carbocycles. The number of fused-ring (bicyclic) bond motifs is 2. The Balaban J connectivity index is 1.48. The highest BCUT2D eigenvalue weighted by Gasteiger charge is 2.28. The zero-order valence-electron chi connectivity index (χ0n) is 16.5. The van der Waals surface area contributed by atoms with E-state index in [0.29, 0.717) is 22.2 Å². The first-order valence-electron chi connectivity index (χ1n) is 9.69. The summed E-state index contributed by atoms with van der Waals surface area (Å²) in [7, 11) is 1.37. The van der Waals surface area contributed by atoms with Crippen LogP contribution in [0.25, 0.3) is 10.8 Å². The van der Waals surface area contributed by atoms with Crippen LogP contribution in [0.1, 0.15) is 34.1 Å². The third kappa shape index (κ3) is 4.12. The van der Waals surface area contributed by atoms with Crippen molar-refractivity contribution in [2.24, 2.45) is 5.92 Å². The Labute approximate surface area is 173 Å². The van der Waals surface area contributed by atoms with Gasteiger partial charge >= 0.3 is 5.97 Å². The van der Waals surface area contributed by atoms with Crippen LogP contribution in [-0.4, -0.2) is 25.6 Å². The van der Waals surface area contributed by atoms with E-state index in [9.17, 15) is 9.59 Å². The fourth-order valence-corrected chi connectivity index (χ4v) is 5.14. The van der Waals surface area contributed by atoms with Gasteiger partial charge in [-0.15, -0.1) is 11.3 Å². The Kier molecular flexibility index (Phi) is 5.53. The molecule has 1 atom stereocenters. The molecule has 1 amide bonds. The Hall–Kier alpha value is -2.86. The summed E-state index contributed by atoms with van der Waals surface area (Å²) >= 11 is 1.47. The molecular weight excluding hydrogens is 386 g/mol. The van der Waals surface area contributed by atoms with Gasteiger partial charge in [0.15, 0.2) is 6.61 Å². The summed E-state index contributed by atoms with van der Waals surface area (Å²) in [5.74, 6) is 0.510. The van der Waals surface area contributed by atoms with E-state index in [1.54, 1.807) is 0 Å². The van der Waals surface area contributed by atoms with Crippen molar-refractivity contribution in [2.75, 3.05) is 19.0 Å². The zero-order chi connectivity index (χ0) is 20.4. The highest BCUT2D eigenvalue weighted by molar-refractivity contribution is 7.17. The molecule has 1 heterocycles. The lowest BCUT2D eigenvalue weighted by Gasteiger charge is -2.18. The average Bonchev–Trinajstić information content (AvgIpc) is 3.08. The van der Waals surface area contributed by atoms with Gasteiger partial charge in [-0.1, -0.05) is 37.3 Å². The number of hydrogen-bond donors (Lipinski definition) is 1. The summed E-state index contributed by atoms with van der Waals surface area (Å²) in [6.45, 7) is 2.08. The molecule has 1 N–H and O–H groups in total. The molecule has 4 rings (SSSR count). The monoisotopic (exact) mass is 409 g/mol. The highest BCUT2D eigenvalue weighted by Crippen LogP contribution is 2.40. The van der Waals surface area contributed by atoms with Crippen LogP contribution in [0.3, 0.4) is 0 Å². The van der Waals surface area contributed by atoms with Crippen molar-refractivity contribution >= 4 is 39.0 Å². The quantitative estimate of drug-likeness (QED) is 0.613. The molecule has 6 heteroatoms. The molecule has 150 valence electrons. The van der Waals surface area contributed by atoms with Gasteiger partial charge < -0.3 is 14.8 Å². The standard InChI is InChI=1S/C23H23NO4S/c1-14-7-10-18-19(11-14)29-22(21(18)23(26)27-2)24-20(25)13-28-17-9-8-15-5-3-4-6-16(15)12-17/h3-6,8-9,12,14H,7,10-11,13H2,1-2H3,(H,24,25). The van der Waals surface area contributed by atoms with E-state index in [-0.39, 0.29) is 12.5 Å². The van der Waals surface area contributed by atoms with Crippen molar-refractivity contribution in [2.45, 2.75) is 26.2 Å². The van der Waals surface area contributed by atoms with E-state index in [2.05, 4.69) is 12.2 Å². The zero-order valence-corrected chi connectivity index (χ0v) is 17.3. The number of anilines is 1. The number of benzene rings is 2. The van der Waals surface area contributed by atoms with Crippen molar-refractivity contribution in [3.05, 3.63) is 58.5 Å². The molecule has 1 unspecified atom stereocenters. The van der Waals surface area contributed by atoms with Crippen molar-refractivity contribution in [1.82, 2.24) is 0 Å². The molecule has 0 radical (unpaired) electrons. The van der Waals surface area contributed by atoms with Gasteiger partial charge in [0.25, 0.3) is 5.91 Å². The maximum Gasteiger partial charge on any atom is 0.341 e. The number of amides is 1. The third-order valence-electron chi connectivity index (χ3n) is 5.25. The molecular formula is C23H23NO4S. The number of rotatable bonds is 5. The van der Waals surface area contributed by atoms with Gasteiger partial charge in [0.05, 0.1) is 12.7 Å². The normalized spacial score (nSPS) is 15.6. The summed E-state index contributed by atoms with van der Waals surface area (Å²) < 4.78 is 10.6. The van der Waals surface area contributed by atoms with Gasteiger partial charge in [-0.25, -0.2) is 4.79 Å². The second kappa shape index (κ2) is 8.25. The molecule has 0 aliphatic heterocycles. The van der Waals surface area contributed by atoms with Crippen molar-refractivity contribution < 1.29 is 19.1 Å². The van der Waals surface area contributed by atoms with Crippen LogP contribution >= 0.6 is 11.3 Å². The lowest BCUT2D eigenvalue weighted by Crippen LogP contribution is -2.21. The Morgan fingerprint density at radius 1 is 1.17 bits per heavy atom. The lowest BCUT2D eigenvalue weighted by molar-refractivity contribution is -0.118. The van der Waals surface area contributed by atoms with E-state index >= 15 is 0 Å². The molecule has 3 aromatic rings. The molecule has 0 bridgehead atoms. The first-order valence-corrected chi connectivity index (χ1v) is 10.5. The molecule has 0 saturated carbocycles. The number of hydrogen-bond acceptors (Lipinski definition) is 5. The maximum absolute atomic E-state index is 12.5. The van der Waals surface area contributed by atoms with Crippen molar-refractivity contribution in [3.8, 4) is 5.75 Å². The molecule has 0 fully saturated rings. The van der Waals surface area contributed by atoms with E-state index < -0.39 is 5.97 Å². The average molecular weight is 410 g/mol. The first kappa shape index (κ1) is 19.5. The predicted molar refractivity (Wildman–Crippen MR) is 115 cm³/mol. The summed E-state index contributed by atoms with van der Waals surface area (Å²) in [4.78, 5) is 26.0. The number of carbonyl (C=O) groups excluding carboxylic acids is 2. The second-order valence-electron chi connectivity index (χ2n) is 7.39. The molecule has 0 spiro atoms. The molecule has 5 nitrogen and oxygen atoms in total. The Bertz CT molecular complexity index is 1070. The van der Waals surface area contributed by atoms with E-state index in [1.807, 2.05) is 42.5 Å². The Morgan fingerprint density at radius 3 is 2.76 bits per heavy atom. The summed E-state index contributed by atoms with van der Waals surface area (Å²) in [5.41, 5.74) is 1.52. The van der Waals surface area contributed by atoms with Gasteiger partial charge in [0.1, 0.15) is 10.8 Å². The molecule has 1 aliphatic rings. The van der Waals surface area contributed by atoms with Crippen LogP contribution < -0.4 is 10.1 Å². The highest BCUT2D eigenvalue weighted by atomic mass is 32.1. The number of thiophene rings is 1. The largest absolute Gasteiger partial charge is 0.484 e. The maximum atomic E-state index is 12.5. The lowest BCUT2D eigenvalue weighted by atomic mass is 9.88. The number of methoxy groups -OCH3 is 1. The molecule has 2 aromatic carbocycles. The fourth-order valence-electron chi connectivity index (χ4n) is 3.73. The van der Waals surface area contributed by atoms with Crippen LogP contribution in [0.2, 0.25) is 0 Å². The van der Waals surface area contributed by atoms with Crippen LogP contribution in [-0.2, 0) is 22.4 Å². The SMILES string of the molecule is COC(=O)c1c(NC(=O)COc2ccc3ccccc3c2)sc2c1CCC(C)C2. The van der Waals surface area contributed by atoms with Gasteiger partial charge in [0, 0.05) is 4.88 Å². The summed E-state index contributed by atoms with van der Waals surface area (Å²) in [5, 5.41) is 5.59. The van der Waals surface area contributed by atoms with Crippen LogP contribution in [0.5, 0.6) is 5.75 Å². The topological polar surface area (TPSA) is 64.6 Å². The number of ether oxygens (including phenoxy) is 2. The smallest absolute Gasteiger partial charge is 0.341 e. The van der Waals surface area contributed by atoms with E-state index in [4.69, 9.17) is 9.47 Å². The molecule has 0 saturated heterocycles. The number of nitrogens with one attached hydrogen (secondary N) is 1. The minimum Gasteiger partial charge on any atom is -0.484 e. The molecule has 1 aromatic heterocycles. The van der Waals surface area contributed by atoms with Crippen LogP contribution in [0.4, 0.5) is 5.00 Å². The number of carbonyl (C=O) groups is 2. The van der Waals surface area contributed by atoms with Gasteiger partial charge in [-0.3, -0.25) is 4.79 Å². The van der Waals surface area contributed by atoms with E-state index in [0.717, 1.165) is 40.5 Å². The fraction of sp³-hybridized carbons (Fsp3) is 0.304. The van der Waals surface area contributed by atoms with Crippen LogP contribution in [0, 0.1) is 5.92 Å². The number of esters is 1. The van der Waals surface area contributed by atoms with Gasteiger partial charge in [0.2, 0.25) is 0 Å². The van der Waals surface area contributed by atoms with Crippen LogP contribution in [0.15, 0.2) is 42.5 Å². The van der Waals surface area contributed by atoms with E-state index in [1.165, 1.54) is 18.4 Å². The predicted octanol–water partition coefficient (Wildman–Crippen LogP) is 4.83.